The number of nitrogens with zero attached hydrogens (tertiary/aromatic N) is 3. The van der Waals surface area contributed by atoms with Crippen molar-refractivity contribution in [1.82, 2.24) is 9.80 Å². The third kappa shape index (κ3) is 5.72. The minimum absolute atomic E-state index is 0.156. The lowest BCUT2D eigenvalue weighted by Crippen LogP contribution is -2.51. The van der Waals surface area contributed by atoms with Gasteiger partial charge >= 0.3 is 0 Å². The van der Waals surface area contributed by atoms with E-state index >= 15 is 0 Å². The van der Waals surface area contributed by atoms with E-state index in [-0.39, 0.29) is 5.92 Å². The highest BCUT2D eigenvalue weighted by atomic mass is 35.5. The molecule has 2 aromatic rings. The van der Waals surface area contributed by atoms with Gasteiger partial charge in [-0.15, -0.1) is 0 Å². The van der Waals surface area contributed by atoms with Crippen molar-refractivity contribution in [3.8, 4) is 5.75 Å². The highest BCUT2D eigenvalue weighted by Crippen LogP contribution is 2.25. The van der Waals surface area contributed by atoms with Gasteiger partial charge in [-0.05, 0) is 68.8 Å². The summed E-state index contributed by atoms with van der Waals surface area (Å²) in [5.74, 6) is 1.43. The molecule has 0 unspecified atom stereocenters. The second-order valence-corrected chi connectivity index (χ2v) is 8.86. The van der Waals surface area contributed by atoms with Crippen molar-refractivity contribution in [2.45, 2.75) is 26.3 Å². The van der Waals surface area contributed by atoms with Gasteiger partial charge in [-0.2, -0.15) is 0 Å². The van der Waals surface area contributed by atoms with Gasteiger partial charge in [0.2, 0.25) is 5.91 Å². The third-order valence-corrected chi connectivity index (χ3v) is 6.55. The summed E-state index contributed by atoms with van der Waals surface area (Å²) in [6, 6.07) is 16.3. The molecule has 0 saturated carbocycles. The van der Waals surface area contributed by atoms with Crippen LogP contribution in [0.4, 0.5) is 5.69 Å². The number of amides is 1. The largest absolute Gasteiger partial charge is 0.494 e. The van der Waals surface area contributed by atoms with Gasteiger partial charge in [0.05, 0.1) is 6.61 Å². The second kappa shape index (κ2) is 10.4. The van der Waals surface area contributed by atoms with Crippen LogP contribution in [0.5, 0.6) is 5.75 Å². The van der Waals surface area contributed by atoms with Gasteiger partial charge in [0, 0.05) is 49.4 Å². The summed E-state index contributed by atoms with van der Waals surface area (Å²) < 4.78 is 5.61. The van der Waals surface area contributed by atoms with Crippen molar-refractivity contribution in [1.29, 1.82) is 0 Å². The first-order valence-corrected chi connectivity index (χ1v) is 11.7. The van der Waals surface area contributed by atoms with E-state index < -0.39 is 0 Å². The molecule has 6 heteroatoms. The molecule has 0 spiro atoms. The van der Waals surface area contributed by atoms with Gasteiger partial charge in [0.25, 0.3) is 0 Å². The summed E-state index contributed by atoms with van der Waals surface area (Å²) in [5, 5.41) is 0.757. The number of piperazine rings is 1. The fourth-order valence-electron chi connectivity index (χ4n) is 4.61. The lowest BCUT2D eigenvalue weighted by Gasteiger charge is -2.39. The molecule has 5 nitrogen and oxygen atoms in total. The molecule has 0 N–H and O–H groups in total. The number of halogens is 1. The van der Waals surface area contributed by atoms with Gasteiger partial charge in [-0.1, -0.05) is 29.8 Å². The SMILES string of the molecule is CCOc1cccc(CN2CCC(C(=O)N3CCN(c4cccc(Cl)c4)CC3)CC2)c1. The summed E-state index contributed by atoms with van der Waals surface area (Å²) >= 11 is 6.13. The summed E-state index contributed by atoms with van der Waals surface area (Å²) in [6.07, 6.45) is 1.89. The van der Waals surface area contributed by atoms with Crippen LogP contribution in [0.3, 0.4) is 0 Å². The Morgan fingerprint density at radius 2 is 1.74 bits per heavy atom. The Kier molecular flexibility index (Phi) is 7.36. The van der Waals surface area contributed by atoms with Crippen molar-refractivity contribution in [3.63, 3.8) is 0 Å². The van der Waals surface area contributed by atoms with E-state index in [2.05, 4.69) is 39.0 Å². The number of carbonyl (C=O) groups excluding carboxylic acids is 1. The highest BCUT2D eigenvalue weighted by molar-refractivity contribution is 6.30. The van der Waals surface area contributed by atoms with Crippen molar-refractivity contribution >= 4 is 23.2 Å². The van der Waals surface area contributed by atoms with E-state index in [1.165, 1.54) is 5.56 Å². The maximum absolute atomic E-state index is 13.1. The van der Waals surface area contributed by atoms with E-state index in [1.54, 1.807) is 0 Å². The first-order valence-electron chi connectivity index (χ1n) is 11.4. The zero-order valence-electron chi connectivity index (χ0n) is 18.3. The van der Waals surface area contributed by atoms with Crippen molar-refractivity contribution in [2.75, 3.05) is 50.8 Å². The third-order valence-electron chi connectivity index (χ3n) is 6.32. The standard InChI is InChI=1S/C25H32ClN3O2/c1-2-31-24-8-3-5-20(17-24)19-27-11-9-21(10-12-27)25(30)29-15-13-28(14-16-29)23-7-4-6-22(26)18-23/h3-8,17-18,21H,2,9-16,19H2,1H3. The van der Waals surface area contributed by atoms with Crippen LogP contribution in [0.25, 0.3) is 0 Å². The Morgan fingerprint density at radius 3 is 2.45 bits per heavy atom. The molecule has 2 fully saturated rings. The zero-order valence-corrected chi connectivity index (χ0v) is 19.1. The monoisotopic (exact) mass is 441 g/mol. The molecule has 0 aliphatic carbocycles. The van der Waals surface area contributed by atoms with Gasteiger partial charge in [-0.3, -0.25) is 9.69 Å². The van der Waals surface area contributed by atoms with Crippen LogP contribution in [0.2, 0.25) is 5.02 Å². The van der Waals surface area contributed by atoms with Gasteiger partial charge < -0.3 is 14.5 Å². The predicted octanol–water partition coefficient (Wildman–Crippen LogP) is 4.30. The van der Waals surface area contributed by atoms with Crippen LogP contribution in [0, 0.1) is 5.92 Å². The van der Waals surface area contributed by atoms with Crippen LogP contribution in [0.1, 0.15) is 25.3 Å². The molecule has 0 bridgehead atoms. The number of benzene rings is 2. The zero-order chi connectivity index (χ0) is 21.6. The van der Waals surface area contributed by atoms with Crippen LogP contribution in [-0.2, 0) is 11.3 Å². The average Bonchev–Trinajstić information content (AvgIpc) is 2.80. The molecule has 2 heterocycles. The minimum atomic E-state index is 0.156. The Balaban J connectivity index is 1.24. The van der Waals surface area contributed by atoms with Crippen molar-refractivity contribution in [2.24, 2.45) is 5.92 Å². The molecular weight excluding hydrogens is 410 g/mol. The van der Waals surface area contributed by atoms with E-state index in [4.69, 9.17) is 16.3 Å². The average molecular weight is 442 g/mol. The Labute approximate surface area is 190 Å². The highest BCUT2D eigenvalue weighted by Gasteiger charge is 2.30. The molecule has 1 amide bonds. The van der Waals surface area contributed by atoms with Crippen molar-refractivity contribution in [3.05, 3.63) is 59.1 Å². The summed E-state index contributed by atoms with van der Waals surface area (Å²) in [5.41, 5.74) is 2.41. The Hall–Kier alpha value is -2.24. The number of likely N-dealkylation sites (tertiary alicyclic amines) is 1. The number of ether oxygens (including phenoxy) is 1. The quantitative estimate of drug-likeness (QED) is 0.669. The molecule has 0 aromatic heterocycles. The predicted molar refractivity (Wildman–Crippen MR) is 126 cm³/mol. The van der Waals surface area contributed by atoms with Gasteiger partial charge in [-0.25, -0.2) is 0 Å². The van der Waals surface area contributed by atoms with E-state index in [0.717, 1.165) is 75.1 Å². The fraction of sp³-hybridized carbons (Fsp3) is 0.480. The van der Waals surface area contributed by atoms with E-state index in [9.17, 15) is 4.79 Å². The lowest BCUT2D eigenvalue weighted by molar-refractivity contribution is -0.137. The van der Waals surface area contributed by atoms with Crippen molar-refractivity contribution < 1.29 is 9.53 Å². The number of hydrogen-bond donors (Lipinski definition) is 0. The number of rotatable bonds is 6. The molecule has 2 aromatic carbocycles. The first kappa shape index (κ1) is 22.0. The first-order chi connectivity index (χ1) is 15.1. The summed E-state index contributed by atoms with van der Waals surface area (Å²) in [4.78, 5) is 19.9. The van der Waals surface area contributed by atoms with Crippen LogP contribution in [0.15, 0.2) is 48.5 Å². The number of carbonyl (C=O) groups is 1. The molecule has 2 aliphatic rings. The topological polar surface area (TPSA) is 36.0 Å². The number of anilines is 1. The normalized spacial score (nSPS) is 18.3. The molecular formula is C25H32ClN3O2. The molecule has 0 atom stereocenters. The Morgan fingerprint density at radius 1 is 1.00 bits per heavy atom. The molecule has 2 aliphatic heterocycles. The maximum Gasteiger partial charge on any atom is 0.225 e. The fourth-order valence-corrected chi connectivity index (χ4v) is 4.80. The summed E-state index contributed by atoms with van der Waals surface area (Å²) in [7, 11) is 0. The second-order valence-electron chi connectivity index (χ2n) is 8.42. The molecule has 31 heavy (non-hydrogen) atoms. The Bertz CT molecular complexity index is 875. The minimum Gasteiger partial charge on any atom is -0.494 e. The molecule has 2 saturated heterocycles. The van der Waals surface area contributed by atoms with E-state index in [0.29, 0.717) is 12.5 Å². The smallest absolute Gasteiger partial charge is 0.225 e. The summed E-state index contributed by atoms with van der Waals surface area (Å²) in [6.45, 7) is 8.85. The molecule has 166 valence electrons. The van der Waals surface area contributed by atoms with Crippen LogP contribution < -0.4 is 9.64 Å². The molecule has 0 radical (unpaired) electrons. The van der Waals surface area contributed by atoms with Crippen LogP contribution in [-0.4, -0.2) is 61.6 Å². The van der Waals surface area contributed by atoms with Gasteiger partial charge in [0.15, 0.2) is 0 Å². The van der Waals surface area contributed by atoms with Gasteiger partial charge in [0.1, 0.15) is 5.75 Å². The maximum atomic E-state index is 13.1. The number of hydrogen-bond acceptors (Lipinski definition) is 4. The van der Waals surface area contributed by atoms with E-state index in [1.807, 2.05) is 31.2 Å². The number of piperidine rings is 1. The van der Waals surface area contributed by atoms with Crippen LogP contribution >= 0.6 is 11.6 Å². The lowest BCUT2D eigenvalue weighted by atomic mass is 9.94. The molecule has 4 rings (SSSR count).